The molecule has 0 bridgehead atoms. The third kappa shape index (κ3) is 3.17. The first-order valence-electron chi connectivity index (χ1n) is 6.15. The molecule has 0 radical (unpaired) electrons. The molecule has 6 heteroatoms. The predicted molar refractivity (Wildman–Crippen MR) is 72.5 cm³/mol. The molecular weight excluding hydrogens is 242 g/mol. The number of carbonyl (C=O) groups is 1. The summed E-state index contributed by atoms with van der Waals surface area (Å²) in [4.78, 5) is 11.6. The van der Waals surface area contributed by atoms with Gasteiger partial charge in [0.05, 0.1) is 6.04 Å². The standard InChI is InChI=1S/C13H17N5O/c1-2-5-10(14)13(19)15-8-7-12-17-16-11-6-3-4-9-18(11)12/h2-4,6,9-10H,1,5,7-8,14H2,(H,15,19). The lowest BCUT2D eigenvalue weighted by Gasteiger charge is -2.09. The average molecular weight is 259 g/mol. The third-order valence-corrected chi connectivity index (χ3v) is 2.79. The first-order chi connectivity index (χ1) is 9.22. The second kappa shape index (κ2) is 6.10. The smallest absolute Gasteiger partial charge is 0.237 e. The van der Waals surface area contributed by atoms with Crippen LogP contribution in [0.15, 0.2) is 37.1 Å². The van der Waals surface area contributed by atoms with Gasteiger partial charge in [0.15, 0.2) is 5.65 Å². The number of pyridine rings is 1. The molecule has 1 unspecified atom stereocenters. The maximum atomic E-state index is 11.6. The minimum atomic E-state index is -0.535. The Hall–Kier alpha value is -2.21. The molecule has 0 spiro atoms. The molecule has 2 aromatic heterocycles. The lowest BCUT2D eigenvalue weighted by Crippen LogP contribution is -2.41. The average Bonchev–Trinajstić information content (AvgIpc) is 2.82. The Morgan fingerprint density at radius 3 is 3.16 bits per heavy atom. The highest BCUT2D eigenvalue weighted by Gasteiger charge is 2.11. The Balaban J connectivity index is 1.89. The van der Waals surface area contributed by atoms with Crippen molar-refractivity contribution in [3.63, 3.8) is 0 Å². The highest BCUT2D eigenvalue weighted by atomic mass is 16.2. The summed E-state index contributed by atoms with van der Waals surface area (Å²) in [6.07, 6.45) is 4.61. The normalized spacial score (nSPS) is 12.3. The minimum Gasteiger partial charge on any atom is -0.354 e. The molecule has 0 fully saturated rings. The summed E-state index contributed by atoms with van der Waals surface area (Å²) < 4.78 is 1.90. The van der Waals surface area contributed by atoms with E-state index in [1.807, 2.05) is 28.8 Å². The minimum absolute atomic E-state index is 0.172. The number of amides is 1. The van der Waals surface area contributed by atoms with Crippen molar-refractivity contribution >= 4 is 11.6 Å². The van der Waals surface area contributed by atoms with E-state index in [4.69, 9.17) is 5.73 Å². The summed E-state index contributed by atoms with van der Waals surface area (Å²) in [6, 6.07) is 5.17. The van der Waals surface area contributed by atoms with Crippen LogP contribution in [0.25, 0.3) is 5.65 Å². The second-order valence-corrected chi connectivity index (χ2v) is 4.22. The number of nitrogens with one attached hydrogen (secondary N) is 1. The van der Waals surface area contributed by atoms with Crippen molar-refractivity contribution in [1.29, 1.82) is 0 Å². The molecule has 0 aliphatic heterocycles. The van der Waals surface area contributed by atoms with Crippen LogP contribution in [0, 0.1) is 0 Å². The topological polar surface area (TPSA) is 85.3 Å². The fraction of sp³-hybridized carbons (Fsp3) is 0.308. The van der Waals surface area contributed by atoms with Gasteiger partial charge in [-0.2, -0.15) is 0 Å². The zero-order chi connectivity index (χ0) is 13.7. The van der Waals surface area contributed by atoms with E-state index < -0.39 is 6.04 Å². The van der Waals surface area contributed by atoms with E-state index in [0.29, 0.717) is 19.4 Å². The van der Waals surface area contributed by atoms with E-state index in [1.54, 1.807) is 6.08 Å². The molecule has 6 nitrogen and oxygen atoms in total. The molecule has 1 atom stereocenters. The van der Waals surface area contributed by atoms with Gasteiger partial charge < -0.3 is 11.1 Å². The lowest BCUT2D eigenvalue weighted by atomic mass is 10.2. The fourth-order valence-corrected chi connectivity index (χ4v) is 1.78. The molecule has 0 aliphatic carbocycles. The van der Waals surface area contributed by atoms with Gasteiger partial charge >= 0.3 is 0 Å². The Labute approximate surface area is 111 Å². The van der Waals surface area contributed by atoms with Crippen molar-refractivity contribution in [2.24, 2.45) is 5.73 Å². The monoisotopic (exact) mass is 259 g/mol. The molecule has 0 aromatic carbocycles. The molecule has 1 amide bonds. The van der Waals surface area contributed by atoms with Crippen molar-refractivity contribution in [1.82, 2.24) is 19.9 Å². The fourth-order valence-electron chi connectivity index (χ4n) is 1.78. The van der Waals surface area contributed by atoms with Crippen LogP contribution in [-0.4, -0.2) is 33.1 Å². The largest absolute Gasteiger partial charge is 0.354 e. The van der Waals surface area contributed by atoms with Crippen LogP contribution >= 0.6 is 0 Å². The molecule has 2 aromatic rings. The van der Waals surface area contributed by atoms with Crippen LogP contribution in [0.3, 0.4) is 0 Å². The number of carbonyl (C=O) groups excluding carboxylic acids is 1. The van der Waals surface area contributed by atoms with Gasteiger partial charge in [0.1, 0.15) is 5.82 Å². The molecule has 100 valence electrons. The number of hydrogen-bond acceptors (Lipinski definition) is 4. The van der Waals surface area contributed by atoms with Crippen molar-refractivity contribution in [3.8, 4) is 0 Å². The maximum absolute atomic E-state index is 11.6. The van der Waals surface area contributed by atoms with Crippen molar-refractivity contribution in [3.05, 3.63) is 42.9 Å². The molecule has 2 heterocycles. The van der Waals surface area contributed by atoms with E-state index in [9.17, 15) is 4.79 Å². The Kier molecular flexibility index (Phi) is 4.25. The van der Waals surface area contributed by atoms with E-state index in [0.717, 1.165) is 11.5 Å². The van der Waals surface area contributed by atoms with Crippen molar-refractivity contribution < 1.29 is 4.79 Å². The summed E-state index contributed by atoms with van der Waals surface area (Å²) in [5.41, 5.74) is 6.46. The summed E-state index contributed by atoms with van der Waals surface area (Å²) >= 11 is 0. The summed E-state index contributed by atoms with van der Waals surface area (Å²) in [6.45, 7) is 4.04. The molecule has 0 saturated heterocycles. The number of aromatic nitrogens is 3. The number of nitrogens with two attached hydrogens (primary N) is 1. The highest BCUT2D eigenvalue weighted by molar-refractivity contribution is 5.81. The van der Waals surface area contributed by atoms with Gasteiger partial charge in [-0.15, -0.1) is 16.8 Å². The molecule has 2 rings (SSSR count). The third-order valence-electron chi connectivity index (χ3n) is 2.79. The number of fused-ring (bicyclic) bond motifs is 1. The Bertz CT molecular complexity index is 577. The van der Waals surface area contributed by atoms with Gasteiger partial charge in [0.25, 0.3) is 0 Å². The van der Waals surface area contributed by atoms with Crippen molar-refractivity contribution in [2.45, 2.75) is 18.9 Å². The van der Waals surface area contributed by atoms with Crippen LogP contribution in [0.4, 0.5) is 0 Å². The number of rotatable bonds is 6. The predicted octanol–water partition coefficient (Wildman–Crippen LogP) is 0.291. The van der Waals surface area contributed by atoms with Crippen molar-refractivity contribution in [2.75, 3.05) is 6.54 Å². The Morgan fingerprint density at radius 1 is 1.53 bits per heavy atom. The quantitative estimate of drug-likeness (QED) is 0.730. The summed E-state index contributed by atoms with van der Waals surface area (Å²) in [5, 5.41) is 10.9. The van der Waals surface area contributed by atoms with Gasteiger partial charge in [-0.3, -0.25) is 9.20 Å². The zero-order valence-electron chi connectivity index (χ0n) is 10.6. The number of nitrogens with zero attached hydrogens (tertiary/aromatic N) is 3. The van der Waals surface area contributed by atoms with E-state index >= 15 is 0 Å². The summed E-state index contributed by atoms with van der Waals surface area (Å²) in [7, 11) is 0. The number of hydrogen-bond donors (Lipinski definition) is 2. The molecule has 0 saturated carbocycles. The molecule has 3 N–H and O–H groups in total. The van der Waals surface area contributed by atoms with Gasteiger partial charge in [-0.1, -0.05) is 12.1 Å². The van der Waals surface area contributed by atoms with Gasteiger partial charge in [-0.05, 0) is 18.6 Å². The SMILES string of the molecule is C=CCC(N)C(=O)NCCc1nnc2ccccn12. The first-order valence-corrected chi connectivity index (χ1v) is 6.15. The van der Waals surface area contributed by atoms with E-state index in [1.165, 1.54) is 0 Å². The van der Waals surface area contributed by atoms with Gasteiger partial charge in [-0.25, -0.2) is 0 Å². The summed E-state index contributed by atoms with van der Waals surface area (Å²) in [5.74, 6) is 0.641. The molecular formula is C13H17N5O. The van der Waals surface area contributed by atoms with Crippen LogP contribution in [0.2, 0.25) is 0 Å². The Morgan fingerprint density at radius 2 is 2.37 bits per heavy atom. The molecule has 19 heavy (non-hydrogen) atoms. The van der Waals surface area contributed by atoms with Crippen LogP contribution < -0.4 is 11.1 Å². The van der Waals surface area contributed by atoms with E-state index in [2.05, 4.69) is 22.1 Å². The maximum Gasteiger partial charge on any atom is 0.237 e. The van der Waals surface area contributed by atoms with E-state index in [-0.39, 0.29) is 5.91 Å². The van der Waals surface area contributed by atoms with Crippen LogP contribution in [0.1, 0.15) is 12.2 Å². The lowest BCUT2D eigenvalue weighted by molar-refractivity contribution is -0.122. The molecule has 0 aliphatic rings. The highest BCUT2D eigenvalue weighted by Crippen LogP contribution is 2.02. The van der Waals surface area contributed by atoms with Gasteiger partial charge in [0, 0.05) is 19.2 Å². The second-order valence-electron chi connectivity index (χ2n) is 4.22. The first kappa shape index (κ1) is 13.2. The van der Waals surface area contributed by atoms with Crippen LogP contribution in [-0.2, 0) is 11.2 Å². The zero-order valence-corrected chi connectivity index (χ0v) is 10.6. The van der Waals surface area contributed by atoms with Crippen LogP contribution in [0.5, 0.6) is 0 Å². The van der Waals surface area contributed by atoms with Gasteiger partial charge in [0.2, 0.25) is 5.91 Å².